The Labute approximate surface area is 124 Å². The first-order valence-corrected chi connectivity index (χ1v) is 6.98. The van der Waals surface area contributed by atoms with Crippen LogP contribution in [-0.4, -0.2) is 42.0 Å². The molecule has 1 aliphatic rings. The molecule has 1 aromatic rings. The molecule has 1 fully saturated rings. The van der Waals surface area contributed by atoms with Crippen molar-refractivity contribution in [1.82, 2.24) is 4.90 Å². The van der Waals surface area contributed by atoms with Crippen LogP contribution in [0.5, 0.6) is 0 Å². The van der Waals surface area contributed by atoms with Crippen LogP contribution in [0.4, 0.5) is 11.4 Å². The van der Waals surface area contributed by atoms with Gasteiger partial charge in [-0.2, -0.15) is 0 Å². The van der Waals surface area contributed by atoms with Crippen molar-refractivity contribution in [3.8, 4) is 0 Å². The van der Waals surface area contributed by atoms with Crippen molar-refractivity contribution in [2.24, 2.45) is 0 Å². The zero-order valence-corrected chi connectivity index (χ0v) is 12.6. The normalized spacial score (nSPS) is 22.0. The van der Waals surface area contributed by atoms with Crippen LogP contribution < -0.4 is 11.1 Å². The van der Waals surface area contributed by atoms with E-state index in [2.05, 4.69) is 5.32 Å². The van der Waals surface area contributed by atoms with E-state index in [4.69, 9.17) is 10.5 Å². The lowest BCUT2D eigenvalue weighted by Gasteiger charge is -2.34. The van der Waals surface area contributed by atoms with Gasteiger partial charge < -0.3 is 20.7 Å². The Morgan fingerprint density at radius 2 is 1.90 bits per heavy atom. The highest BCUT2D eigenvalue weighted by atomic mass is 16.5. The van der Waals surface area contributed by atoms with E-state index in [0.717, 1.165) is 5.56 Å². The fourth-order valence-corrected chi connectivity index (χ4v) is 2.44. The molecule has 0 radical (unpaired) electrons. The van der Waals surface area contributed by atoms with Gasteiger partial charge in [0.25, 0.3) is 0 Å². The highest BCUT2D eigenvalue weighted by Crippen LogP contribution is 2.20. The summed E-state index contributed by atoms with van der Waals surface area (Å²) in [5, 5.41) is 2.58. The Hall–Kier alpha value is -2.08. The Kier molecular flexibility index (Phi) is 4.47. The minimum absolute atomic E-state index is 0.0745. The van der Waals surface area contributed by atoms with Gasteiger partial charge >= 0.3 is 11.8 Å². The van der Waals surface area contributed by atoms with Crippen LogP contribution >= 0.6 is 0 Å². The molecule has 0 aliphatic carbocycles. The van der Waals surface area contributed by atoms with Crippen molar-refractivity contribution < 1.29 is 14.3 Å². The maximum absolute atomic E-state index is 12.2. The van der Waals surface area contributed by atoms with E-state index in [1.165, 1.54) is 4.90 Å². The second kappa shape index (κ2) is 6.13. The van der Waals surface area contributed by atoms with Gasteiger partial charge in [0.2, 0.25) is 0 Å². The van der Waals surface area contributed by atoms with E-state index < -0.39 is 11.8 Å². The number of morpholine rings is 1. The number of amides is 2. The van der Waals surface area contributed by atoms with Gasteiger partial charge in [0.1, 0.15) is 0 Å². The van der Waals surface area contributed by atoms with Crippen LogP contribution in [0, 0.1) is 6.92 Å². The van der Waals surface area contributed by atoms with Crippen LogP contribution in [0.2, 0.25) is 0 Å². The van der Waals surface area contributed by atoms with Crippen molar-refractivity contribution in [2.75, 3.05) is 24.1 Å². The summed E-state index contributed by atoms with van der Waals surface area (Å²) in [6.07, 6.45) is -0.149. The van der Waals surface area contributed by atoms with Gasteiger partial charge in [-0.1, -0.05) is 6.07 Å². The third kappa shape index (κ3) is 3.72. The van der Waals surface area contributed by atoms with Crippen LogP contribution in [-0.2, 0) is 14.3 Å². The summed E-state index contributed by atoms with van der Waals surface area (Å²) in [6, 6.07) is 5.29. The molecule has 114 valence electrons. The van der Waals surface area contributed by atoms with Crippen molar-refractivity contribution in [3.63, 3.8) is 0 Å². The van der Waals surface area contributed by atoms with Crippen molar-refractivity contribution in [1.29, 1.82) is 0 Å². The molecule has 1 aliphatic heterocycles. The second-order valence-corrected chi connectivity index (χ2v) is 5.51. The number of rotatable bonds is 1. The molecular formula is C15H21N3O3. The zero-order chi connectivity index (χ0) is 15.6. The summed E-state index contributed by atoms with van der Waals surface area (Å²) < 4.78 is 5.55. The predicted molar refractivity (Wildman–Crippen MR) is 80.8 cm³/mol. The van der Waals surface area contributed by atoms with Gasteiger partial charge in [-0.15, -0.1) is 0 Å². The van der Waals surface area contributed by atoms with Gasteiger partial charge in [0.15, 0.2) is 0 Å². The summed E-state index contributed by atoms with van der Waals surface area (Å²) in [4.78, 5) is 25.8. The van der Waals surface area contributed by atoms with Gasteiger partial charge in [-0.05, 0) is 38.5 Å². The first kappa shape index (κ1) is 15.3. The monoisotopic (exact) mass is 291 g/mol. The number of benzene rings is 1. The second-order valence-electron chi connectivity index (χ2n) is 5.51. The summed E-state index contributed by atoms with van der Waals surface area (Å²) in [6.45, 7) is 6.49. The largest absolute Gasteiger partial charge is 0.397 e. The van der Waals surface area contributed by atoms with Crippen molar-refractivity contribution >= 4 is 23.2 Å². The summed E-state index contributed by atoms with van der Waals surface area (Å²) in [5.74, 6) is -1.23. The molecule has 6 heteroatoms. The molecule has 1 heterocycles. The molecule has 0 aromatic heterocycles. The SMILES string of the molecule is Cc1ccc(N)c(NC(=O)C(=O)N2CC(C)OC(C)C2)c1. The molecule has 0 saturated carbocycles. The molecule has 1 saturated heterocycles. The minimum atomic E-state index is -0.673. The number of aryl methyl sites for hydroxylation is 1. The molecule has 3 N–H and O–H groups in total. The van der Waals surface area contributed by atoms with E-state index in [-0.39, 0.29) is 12.2 Å². The number of nitrogens with zero attached hydrogens (tertiary/aromatic N) is 1. The third-order valence-electron chi connectivity index (χ3n) is 3.36. The number of carbonyl (C=O) groups excluding carboxylic acids is 2. The lowest BCUT2D eigenvalue weighted by molar-refractivity contribution is -0.151. The number of carbonyl (C=O) groups is 2. The lowest BCUT2D eigenvalue weighted by atomic mass is 10.2. The van der Waals surface area contributed by atoms with E-state index in [9.17, 15) is 9.59 Å². The summed E-state index contributed by atoms with van der Waals surface area (Å²) >= 11 is 0. The number of hydrogen-bond acceptors (Lipinski definition) is 4. The average molecular weight is 291 g/mol. The first-order valence-electron chi connectivity index (χ1n) is 6.98. The van der Waals surface area contributed by atoms with Crippen LogP contribution in [0.3, 0.4) is 0 Å². The maximum atomic E-state index is 12.2. The van der Waals surface area contributed by atoms with E-state index in [0.29, 0.717) is 24.5 Å². The molecule has 6 nitrogen and oxygen atoms in total. The number of anilines is 2. The fraction of sp³-hybridized carbons (Fsp3) is 0.467. The first-order chi connectivity index (χ1) is 9.86. The van der Waals surface area contributed by atoms with E-state index in [1.807, 2.05) is 26.8 Å². The molecule has 2 atom stereocenters. The number of hydrogen-bond donors (Lipinski definition) is 2. The fourth-order valence-electron chi connectivity index (χ4n) is 2.44. The molecule has 0 bridgehead atoms. The topological polar surface area (TPSA) is 84.7 Å². The molecule has 1 aromatic carbocycles. The summed E-state index contributed by atoms with van der Waals surface area (Å²) in [7, 11) is 0. The van der Waals surface area contributed by atoms with E-state index in [1.54, 1.807) is 12.1 Å². The highest BCUT2D eigenvalue weighted by Gasteiger charge is 2.29. The number of ether oxygens (including phenoxy) is 1. The smallest absolute Gasteiger partial charge is 0.313 e. The molecular weight excluding hydrogens is 270 g/mol. The Morgan fingerprint density at radius 1 is 1.29 bits per heavy atom. The standard InChI is InChI=1S/C15H21N3O3/c1-9-4-5-12(16)13(6-9)17-14(19)15(20)18-7-10(2)21-11(3)8-18/h4-6,10-11H,7-8,16H2,1-3H3,(H,17,19). The molecule has 0 spiro atoms. The highest BCUT2D eigenvalue weighted by molar-refractivity contribution is 6.39. The Morgan fingerprint density at radius 3 is 2.52 bits per heavy atom. The van der Waals surface area contributed by atoms with Gasteiger partial charge in [-0.25, -0.2) is 0 Å². The Balaban J connectivity index is 2.06. The summed E-state index contributed by atoms with van der Waals surface area (Å²) in [5.41, 5.74) is 7.66. The molecule has 21 heavy (non-hydrogen) atoms. The average Bonchev–Trinajstić information content (AvgIpc) is 2.41. The molecule has 2 amide bonds. The maximum Gasteiger partial charge on any atom is 0.313 e. The van der Waals surface area contributed by atoms with Crippen LogP contribution in [0.15, 0.2) is 18.2 Å². The molecule has 2 rings (SSSR count). The van der Waals surface area contributed by atoms with Gasteiger partial charge in [-0.3, -0.25) is 9.59 Å². The van der Waals surface area contributed by atoms with Crippen molar-refractivity contribution in [3.05, 3.63) is 23.8 Å². The van der Waals surface area contributed by atoms with E-state index >= 15 is 0 Å². The van der Waals surface area contributed by atoms with Crippen LogP contribution in [0.25, 0.3) is 0 Å². The number of nitrogens with one attached hydrogen (secondary N) is 1. The quantitative estimate of drug-likeness (QED) is 0.600. The van der Waals surface area contributed by atoms with Gasteiger partial charge in [0.05, 0.1) is 23.6 Å². The van der Waals surface area contributed by atoms with Crippen molar-refractivity contribution in [2.45, 2.75) is 33.0 Å². The third-order valence-corrected chi connectivity index (χ3v) is 3.36. The Bertz CT molecular complexity index is 549. The zero-order valence-electron chi connectivity index (χ0n) is 12.6. The minimum Gasteiger partial charge on any atom is -0.397 e. The van der Waals surface area contributed by atoms with Gasteiger partial charge in [0, 0.05) is 13.1 Å². The molecule has 2 unspecified atom stereocenters. The number of nitrogens with two attached hydrogens (primary N) is 1. The van der Waals surface area contributed by atoms with Crippen LogP contribution in [0.1, 0.15) is 19.4 Å². The lowest BCUT2D eigenvalue weighted by Crippen LogP contribution is -2.51. The number of nitrogen functional groups attached to an aromatic ring is 1. The predicted octanol–water partition coefficient (Wildman–Crippen LogP) is 1.15.